The second-order valence-corrected chi connectivity index (χ2v) is 7.70. The highest BCUT2D eigenvalue weighted by atomic mass is 35.5. The third-order valence-electron chi connectivity index (χ3n) is 5.07. The maximum atomic E-state index is 11.4. The molecule has 0 saturated carbocycles. The van der Waals surface area contributed by atoms with E-state index in [1.54, 1.807) is 0 Å². The average Bonchev–Trinajstić information content (AvgIpc) is 2.80. The lowest BCUT2D eigenvalue weighted by molar-refractivity contribution is -0.139. The minimum absolute atomic E-state index is 0.186. The average molecular weight is 438 g/mol. The van der Waals surface area contributed by atoms with Crippen molar-refractivity contribution in [2.75, 3.05) is 26.8 Å². The molecular weight excluding hydrogens is 410 g/mol. The quantitative estimate of drug-likeness (QED) is 0.329. The van der Waals surface area contributed by atoms with E-state index in [1.165, 1.54) is 12.7 Å². The van der Waals surface area contributed by atoms with Crippen LogP contribution < -0.4 is 10.1 Å². The Balaban J connectivity index is 1.48. The normalized spacial score (nSPS) is 11.7. The standard InChI is InChI=1S/C26H28ClNO3/c1-30-26(29)18-20-9-7-12-22(17-20)31-16-8-15-28-19-24(21-10-3-2-4-11-21)23-13-5-6-14-25(23)27/h2-7,9-14,17,24,28H,8,15-16,18-19H2,1H3. The molecule has 1 atom stereocenters. The van der Waals surface area contributed by atoms with Crippen LogP contribution in [-0.2, 0) is 16.0 Å². The Hall–Kier alpha value is -2.82. The van der Waals surface area contributed by atoms with Gasteiger partial charge in [0.15, 0.2) is 0 Å². The van der Waals surface area contributed by atoms with E-state index in [-0.39, 0.29) is 18.3 Å². The van der Waals surface area contributed by atoms with Crippen molar-refractivity contribution in [3.05, 3.63) is 101 Å². The molecule has 1 N–H and O–H groups in total. The maximum Gasteiger partial charge on any atom is 0.309 e. The zero-order valence-corrected chi connectivity index (χ0v) is 18.5. The van der Waals surface area contributed by atoms with Crippen LogP contribution in [0.5, 0.6) is 5.75 Å². The Morgan fingerprint density at radius 1 is 1.00 bits per heavy atom. The molecule has 0 aliphatic heterocycles. The molecule has 31 heavy (non-hydrogen) atoms. The molecule has 5 heteroatoms. The minimum Gasteiger partial charge on any atom is -0.494 e. The molecule has 3 aromatic carbocycles. The largest absolute Gasteiger partial charge is 0.494 e. The van der Waals surface area contributed by atoms with Crippen molar-refractivity contribution >= 4 is 17.6 Å². The summed E-state index contributed by atoms with van der Waals surface area (Å²) in [6.07, 6.45) is 1.11. The van der Waals surface area contributed by atoms with Crippen LogP contribution in [0, 0.1) is 0 Å². The number of hydrogen-bond donors (Lipinski definition) is 1. The van der Waals surface area contributed by atoms with Gasteiger partial charge in [0.05, 0.1) is 20.1 Å². The Labute approximate surface area is 189 Å². The van der Waals surface area contributed by atoms with E-state index >= 15 is 0 Å². The van der Waals surface area contributed by atoms with Crippen LogP contribution in [0.2, 0.25) is 5.02 Å². The minimum atomic E-state index is -0.257. The molecule has 0 saturated heterocycles. The van der Waals surface area contributed by atoms with Crippen molar-refractivity contribution in [2.24, 2.45) is 0 Å². The van der Waals surface area contributed by atoms with Crippen molar-refractivity contribution in [1.82, 2.24) is 5.32 Å². The molecular formula is C26H28ClNO3. The number of esters is 1. The predicted molar refractivity (Wildman–Crippen MR) is 125 cm³/mol. The Morgan fingerprint density at radius 2 is 1.77 bits per heavy atom. The predicted octanol–water partition coefficient (Wildman–Crippen LogP) is 5.25. The molecule has 4 nitrogen and oxygen atoms in total. The third kappa shape index (κ3) is 7.12. The summed E-state index contributed by atoms with van der Waals surface area (Å²) in [5.74, 6) is 0.693. The van der Waals surface area contributed by atoms with Crippen molar-refractivity contribution in [3.8, 4) is 5.75 Å². The second-order valence-electron chi connectivity index (χ2n) is 7.29. The molecule has 3 rings (SSSR count). The van der Waals surface area contributed by atoms with Crippen LogP contribution in [-0.4, -0.2) is 32.8 Å². The summed E-state index contributed by atoms with van der Waals surface area (Å²) in [5.41, 5.74) is 3.25. The highest BCUT2D eigenvalue weighted by molar-refractivity contribution is 6.31. The van der Waals surface area contributed by atoms with Gasteiger partial charge in [-0.3, -0.25) is 4.79 Å². The van der Waals surface area contributed by atoms with E-state index in [9.17, 15) is 4.79 Å². The molecule has 0 radical (unpaired) electrons. The van der Waals surface area contributed by atoms with Gasteiger partial charge in [-0.2, -0.15) is 0 Å². The topological polar surface area (TPSA) is 47.6 Å². The fraction of sp³-hybridized carbons (Fsp3) is 0.269. The first-order chi connectivity index (χ1) is 15.2. The Kier molecular flexibility index (Phi) is 8.95. The van der Waals surface area contributed by atoms with Gasteiger partial charge < -0.3 is 14.8 Å². The summed E-state index contributed by atoms with van der Waals surface area (Å²) in [6, 6.07) is 26.0. The first-order valence-corrected chi connectivity index (χ1v) is 10.8. The smallest absolute Gasteiger partial charge is 0.309 e. The number of benzene rings is 3. The number of methoxy groups -OCH3 is 1. The Bertz CT molecular complexity index is 962. The van der Waals surface area contributed by atoms with Gasteiger partial charge in [-0.25, -0.2) is 0 Å². The van der Waals surface area contributed by atoms with Crippen LogP contribution in [0.3, 0.4) is 0 Å². The summed E-state index contributed by atoms with van der Waals surface area (Å²) >= 11 is 6.48. The van der Waals surface area contributed by atoms with E-state index in [1.807, 2.05) is 48.5 Å². The van der Waals surface area contributed by atoms with Crippen molar-refractivity contribution in [3.63, 3.8) is 0 Å². The third-order valence-corrected chi connectivity index (χ3v) is 5.42. The monoisotopic (exact) mass is 437 g/mol. The molecule has 3 aromatic rings. The van der Waals surface area contributed by atoms with Crippen LogP contribution in [0.4, 0.5) is 0 Å². The van der Waals surface area contributed by atoms with Gasteiger partial charge >= 0.3 is 5.97 Å². The number of halogens is 1. The zero-order valence-electron chi connectivity index (χ0n) is 17.7. The van der Waals surface area contributed by atoms with E-state index < -0.39 is 0 Å². The fourth-order valence-electron chi connectivity index (χ4n) is 3.47. The highest BCUT2D eigenvalue weighted by Gasteiger charge is 2.16. The molecule has 0 aliphatic rings. The summed E-state index contributed by atoms with van der Waals surface area (Å²) < 4.78 is 10.6. The lowest BCUT2D eigenvalue weighted by atomic mass is 9.91. The number of hydrogen-bond acceptors (Lipinski definition) is 4. The van der Waals surface area contributed by atoms with E-state index in [4.69, 9.17) is 21.1 Å². The SMILES string of the molecule is COC(=O)Cc1cccc(OCCCNCC(c2ccccc2)c2ccccc2Cl)c1. The number of nitrogens with one attached hydrogen (secondary N) is 1. The summed E-state index contributed by atoms with van der Waals surface area (Å²) in [4.78, 5) is 11.4. The lowest BCUT2D eigenvalue weighted by Crippen LogP contribution is -2.24. The summed E-state index contributed by atoms with van der Waals surface area (Å²) in [5, 5.41) is 4.33. The first kappa shape index (κ1) is 22.9. The molecule has 0 spiro atoms. The molecule has 0 aliphatic carbocycles. The Morgan fingerprint density at radius 3 is 2.55 bits per heavy atom. The van der Waals surface area contributed by atoms with Crippen LogP contribution in [0.25, 0.3) is 0 Å². The molecule has 0 bridgehead atoms. The van der Waals surface area contributed by atoms with Gasteiger partial charge in [-0.05, 0) is 47.9 Å². The summed E-state index contributed by atoms with van der Waals surface area (Å²) in [7, 11) is 1.39. The van der Waals surface area contributed by atoms with Crippen molar-refractivity contribution in [2.45, 2.75) is 18.8 Å². The van der Waals surface area contributed by atoms with Crippen LogP contribution >= 0.6 is 11.6 Å². The number of rotatable bonds is 11. The summed E-state index contributed by atoms with van der Waals surface area (Å²) in [6.45, 7) is 2.22. The van der Waals surface area contributed by atoms with Crippen molar-refractivity contribution in [1.29, 1.82) is 0 Å². The molecule has 1 unspecified atom stereocenters. The van der Waals surface area contributed by atoms with E-state index in [2.05, 4.69) is 35.6 Å². The van der Waals surface area contributed by atoms with Gasteiger partial charge in [0, 0.05) is 17.5 Å². The van der Waals surface area contributed by atoms with Crippen LogP contribution in [0.1, 0.15) is 29.0 Å². The molecule has 0 fully saturated rings. The van der Waals surface area contributed by atoms with Crippen LogP contribution in [0.15, 0.2) is 78.9 Å². The van der Waals surface area contributed by atoms with Gasteiger partial charge in [0.25, 0.3) is 0 Å². The van der Waals surface area contributed by atoms with Gasteiger partial charge in [-0.1, -0.05) is 72.3 Å². The molecule has 0 heterocycles. The second kappa shape index (κ2) is 12.1. The van der Waals surface area contributed by atoms with Gasteiger partial charge in [0.2, 0.25) is 0 Å². The number of ether oxygens (including phenoxy) is 2. The number of carbonyl (C=O) groups excluding carboxylic acids is 1. The molecule has 0 aromatic heterocycles. The highest BCUT2D eigenvalue weighted by Crippen LogP contribution is 2.29. The van der Waals surface area contributed by atoms with Crippen molar-refractivity contribution < 1.29 is 14.3 Å². The zero-order chi connectivity index (χ0) is 21.9. The molecule has 0 amide bonds. The van der Waals surface area contributed by atoms with Gasteiger partial charge in [0.1, 0.15) is 5.75 Å². The van der Waals surface area contributed by atoms with E-state index in [0.717, 1.165) is 41.4 Å². The lowest BCUT2D eigenvalue weighted by Gasteiger charge is -2.20. The van der Waals surface area contributed by atoms with Gasteiger partial charge in [-0.15, -0.1) is 0 Å². The maximum absolute atomic E-state index is 11.4. The molecule has 162 valence electrons. The van der Waals surface area contributed by atoms with E-state index in [0.29, 0.717) is 6.61 Å². The number of carbonyl (C=O) groups is 1. The fourth-order valence-corrected chi connectivity index (χ4v) is 3.74. The first-order valence-electron chi connectivity index (χ1n) is 10.5.